The highest BCUT2D eigenvalue weighted by molar-refractivity contribution is 7.89. The van der Waals surface area contributed by atoms with Gasteiger partial charge in [-0.25, -0.2) is 13.4 Å². The standard InChI is InChI=1S/C26H30N4O3S/c31-26(27-22-9-3-1-4-10-22)21-8-7-15-29(19-21)25-14-11-20-18-23(12-13-24(20)28-25)34(32,33)30-16-5-2-6-17-30/h1,3-4,9-14,18,21H,2,5-8,15-17,19H2,(H,27,31)/t21-/m1/s1. The van der Waals surface area contributed by atoms with Crippen LogP contribution >= 0.6 is 0 Å². The topological polar surface area (TPSA) is 82.6 Å². The fourth-order valence-corrected chi connectivity index (χ4v) is 6.40. The van der Waals surface area contributed by atoms with Crippen molar-refractivity contribution in [2.24, 2.45) is 5.92 Å². The Labute approximate surface area is 200 Å². The van der Waals surface area contributed by atoms with Crippen LogP contribution in [0, 0.1) is 5.92 Å². The number of amides is 1. The fraction of sp³-hybridized carbons (Fsp3) is 0.385. The van der Waals surface area contributed by atoms with Crippen LogP contribution in [0.3, 0.4) is 0 Å². The van der Waals surface area contributed by atoms with Gasteiger partial charge in [0.15, 0.2) is 0 Å². The van der Waals surface area contributed by atoms with Gasteiger partial charge in [-0.15, -0.1) is 0 Å². The number of rotatable bonds is 5. The summed E-state index contributed by atoms with van der Waals surface area (Å²) in [4.78, 5) is 20.1. The lowest BCUT2D eigenvalue weighted by molar-refractivity contribution is -0.120. The van der Waals surface area contributed by atoms with E-state index in [0.717, 1.165) is 61.1 Å². The SMILES string of the molecule is O=C(Nc1ccccc1)[C@@H]1CCCN(c2ccc3cc(S(=O)(=O)N4CCCCC4)ccc3n2)C1. The van der Waals surface area contributed by atoms with Crippen LogP contribution in [0.4, 0.5) is 11.5 Å². The minimum Gasteiger partial charge on any atom is -0.356 e. The largest absolute Gasteiger partial charge is 0.356 e. The van der Waals surface area contributed by atoms with Crippen molar-refractivity contribution < 1.29 is 13.2 Å². The molecule has 0 aliphatic carbocycles. The highest BCUT2D eigenvalue weighted by Gasteiger charge is 2.28. The summed E-state index contributed by atoms with van der Waals surface area (Å²) in [6, 6.07) is 18.6. The number of hydrogen-bond donors (Lipinski definition) is 1. The normalized spacial score (nSPS) is 19.8. The summed E-state index contributed by atoms with van der Waals surface area (Å²) in [6.45, 7) is 2.63. The first-order chi connectivity index (χ1) is 16.5. The molecule has 2 aliphatic heterocycles. The van der Waals surface area contributed by atoms with Crippen molar-refractivity contribution in [2.75, 3.05) is 36.4 Å². The Morgan fingerprint density at radius 2 is 1.71 bits per heavy atom. The third-order valence-corrected chi connectivity index (χ3v) is 8.65. The summed E-state index contributed by atoms with van der Waals surface area (Å²) >= 11 is 0. The third kappa shape index (κ3) is 4.79. The van der Waals surface area contributed by atoms with E-state index in [1.54, 1.807) is 22.5 Å². The minimum atomic E-state index is -3.48. The zero-order valence-corrected chi connectivity index (χ0v) is 20.0. The molecule has 3 heterocycles. The number of sulfonamides is 1. The molecule has 34 heavy (non-hydrogen) atoms. The lowest BCUT2D eigenvalue weighted by atomic mass is 9.97. The molecule has 2 aliphatic rings. The van der Waals surface area contributed by atoms with Gasteiger partial charge in [0, 0.05) is 37.3 Å². The molecule has 0 bridgehead atoms. The van der Waals surface area contributed by atoms with Gasteiger partial charge in [0.05, 0.1) is 16.3 Å². The van der Waals surface area contributed by atoms with E-state index in [4.69, 9.17) is 4.98 Å². The molecular weight excluding hydrogens is 448 g/mol. The monoisotopic (exact) mass is 478 g/mol. The zero-order chi connectivity index (χ0) is 23.5. The van der Waals surface area contributed by atoms with Gasteiger partial charge >= 0.3 is 0 Å². The third-order valence-electron chi connectivity index (χ3n) is 6.76. The number of nitrogens with one attached hydrogen (secondary N) is 1. The summed E-state index contributed by atoms with van der Waals surface area (Å²) in [5, 5.41) is 3.82. The first-order valence-electron chi connectivity index (χ1n) is 12.0. The Bertz CT molecular complexity index is 1270. The van der Waals surface area contributed by atoms with Crippen LogP contribution in [0.5, 0.6) is 0 Å². The second-order valence-corrected chi connectivity index (χ2v) is 11.1. The van der Waals surface area contributed by atoms with Crippen LogP contribution in [-0.2, 0) is 14.8 Å². The molecule has 1 amide bonds. The molecule has 0 radical (unpaired) electrons. The Hall–Kier alpha value is -2.97. The van der Waals surface area contributed by atoms with Crippen LogP contribution in [-0.4, -0.2) is 49.8 Å². The second kappa shape index (κ2) is 9.72. The Kier molecular flexibility index (Phi) is 6.52. The van der Waals surface area contributed by atoms with E-state index in [1.165, 1.54) is 0 Å². The highest BCUT2D eigenvalue weighted by atomic mass is 32.2. The van der Waals surface area contributed by atoms with Crippen molar-refractivity contribution in [1.29, 1.82) is 0 Å². The summed E-state index contributed by atoms with van der Waals surface area (Å²) in [6.07, 6.45) is 4.68. The van der Waals surface area contributed by atoms with Gasteiger partial charge < -0.3 is 10.2 Å². The summed E-state index contributed by atoms with van der Waals surface area (Å²) in [5.41, 5.74) is 1.56. The van der Waals surface area contributed by atoms with Gasteiger partial charge in [-0.05, 0) is 68.1 Å². The number of benzene rings is 2. The highest BCUT2D eigenvalue weighted by Crippen LogP contribution is 2.27. The Morgan fingerprint density at radius 1 is 0.912 bits per heavy atom. The number of anilines is 2. The van der Waals surface area contributed by atoms with Crippen molar-refractivity contribution in [3.63, 3.8) is 0 Å². The quantitative estimate of drug-likeness (QED) is 0.592. The number of pyridine rings is 1. The first kappa shape index (κ1) is 22.8. The average Bonchev–Trinajstić information content (AvgIpc) is 2.89. The maximum Gasteiger partial charge on any atom is 0.243 e. The van der Waals surface area contributed by atoms with Crippen molar-refractivity contribution in [2.45, 2.75) is 37.0 Å². The predicted molar refractivity (Wildman–Crippen MR) is 134 cm³/mol. The molecule has 0 unspecified atom stereocenters. The molecule has 2 saturated heterocycles. The van der Waals surface area contributed by atoms with Crippen molar-refractivity contribution in [3.8, 4) is 0 Å². The molecule has 0 saturated carbocycles. The predicted octanol–water partition coefficient (Wildman–Crippen LogP) is 4.26. The maximum absolute atomic E-state index is 13.0. The molecule has 2 aromatic carbocycles. The number of carbonyl (C=O) groups excluding carboxylic acids is 1. The number of piperidine rings is 2. The molecule has 2 fully saturated rings. The number of aromatic nitrogens is 1. The smallest absolute Gasteiger partial charge is 0.243 e. The van der Waals surface area contributed by atoms with E-state index in [-0.39, 0.29) is 11.8 Å². The van der Waals surface area contributed by atoms with E-state index in [1.807, 2.05) is 42.5 Å². The number of fused-ring (bicyclic) bond motifs is 1. The maximum atomic E-state index is 13.0. The summed E-state index contributed by atoms with van der Waals surface area (Å²) in [7, 11) is -3.48. The fourth-order valence-electron chi connectivity index (χ4n) is 4.85. The molecular formula is C26H30N4O3S. The van der Waals surface area contributed by atoms with Crippen LogP contribution < -0.4 is 10.2 Å². The molecule has 7 nitrogen and oxygen atoms in total. The van der Waals surface area contributed by atoms with Gasteiger partial charge in [-0.1, -0.05) is 24.6 Å². The molecule has 5 rings (SSSR count). The number of hydrogen-bond acceptors (Lipinski definition) is 5. The number of para-hydroxylation sites is 1. The van der Waals surface area contributed by atoms with Gasteiger partial charge in [-0.3, -0.25) is 4.79 Å². The number of carbonyl (C=O) groups is 1. The second-order valence-electron chi connectivity index (χ2n) is 9.13. The van der Waals surface area contributed by atoms with Crippen LogP contribution in [0.25, 0.3) is 10.9 Å². The van der Waals surface area contributed by atoms with Crippen molar-refractivity contribution >= 4 is 38.3 Å². The average molecular weight is 479 g/mol. The molecule has 1 aromatic heterocycles. The van der Waals surface area contributed by atoms with Crippen molar-refractivity contribution in [3.05, 3.63) is 60.7 Å². The Balaban J connectivity index is 1.32. The van der Waals surface area contributed by atoms with E-state index in [0.29, 0.717) is 24.5 Å². The van der Waals surface area contributed by atoms with E-state index < -0.39 is 10.0 Å². The Morgan fingerprint density at radius 3 is 2.50 bits per heavy atom. The molecule has 1 N–H and O–H groups in total. The lowest BCUT2D eigenvalue weighted by Gasteiger charge is -2.33. The van der Waals surface area contributed by atoms with Gasteiger partial charge in [0.25, 0.3) is 0 Å². The van der Waals surface area contributed by atoms with Crippen LogP contribution in [0.2, 0.25) is 0 Å². The molecule has 3 aromatic rings. The lowest BCUT2D eigenvalue weighted by Crippen LogP contribution is -2.41. The number of nitrogens with zero attached hydrogens (tertiary/aromatic N) is 3. The zero-order valence-electron chi connectivity index (χ0n) is 19.2. The minimum absolute atomic E-state index is 0.0317. The van der Waals surface area contributed by atoms with E-state index in [9.17, 15) is 13.2 Å². The molecule has 0 spiro atoms. The first-order valence-corrected chi connectivity index (χ1v) is 13.5. The summed E-state index contributed by atoms with van der Waals surface area (Å²) < 4.78 is 27.7. The van der Waals surface area contributed by atoms with E-state index in [2.05, 4.69) is 10.2 Å². The van der Waals surface area contributed by atoms with Crippen LogP contribution in [0.1, 0.15) is 32.1 Å². The molecule has 1 atom stereocenters. The molecule has 8 heteroatoms. The van der Waals surface area contributed by atoms with Gasteiger partial charge in [0.1, 0.15) is 5.82 Å². The van der Waals surface area contributed by atoms with E-state index >= 15 is 0 Å². The summed E-state index contributed by atoms with van der Waals surface area (Å²) in [5.74, 6) is 0.740. The van der Waals surface area contributed by atoms with Gasteiger partial charge in [-0.2, -0.15) is 4.31 Å². The van der Waals surface area contributed by atoms with Crippen molar-refractivity contribution in [1.82, 2.24) is 9.29 Å². The molecule has 178 valence electrons. The van der Waals surface area contributed by atoms with Crippen LogP contribution in [0.15, 0.2) is 65.6 Å². The van der Waals surface area contributed by atoms with Gasteiger partial charge in [0.2, 0.25) is 15.9 Å².